The van der Waals surface area contributed by atoms with Crippen molar-refractivity contribution in [2.24, 2.45) is 0 Å². The lowest BCUT2D eigenvalue weighted by Crippen LogP contribution is -2.30. The molecule has 11 heteroatoms. The molecule has 1 amide bonds. The molecule has 0 saturated carbocycles. The summed E-state index contributed by atoms with van der Waals surface area (Å²) in [6.45, 7) is 0.181. The fourth-order valence-corrected chi connectivity index (χ4v) is 4.20. The van der Waals surface area contributed by atoms with Crippen molar-refractivity contribution < 1.29 is 42.1 Å². The van der Waals surface area contributed by atoms with Gasteiger partial charge >= 0.3 is 12.1 Å². The number of carbonyl (C=O) groups is 2. The quantitative estimate of drug-likeness (QED) is 0.363. The minimum Gasteiger partial charge on any atom is -0.496 e. The van der Waals surface area contributed by atoms with Gasteiger partial charge in [0.2, 0.25) is 0 Å². The summed E-state index contributed by atoms with van der Waals surface area (Å²) in [5.41, 5.74) is 0.866. The number of rotatable bonds is 8. The molecular formula is C27H23ClF3NO6. The summed E-state index contributed by atoms with van der Waals surface area (Å²) in [5.74, 6) is -0.255. The summed E-state index contributed by atoms with van der Waals surface area (Å²) in [4.78, 5) is 23.8. The number of halogens is 4. The molecule has 38 heavy (non-hydrogen) atoms. The summed E-state index contributed by atoms with van der Waals surface area (Å²) in [6, 6.07) is 12.7. The van der Waals surface area contributed by atoms with Crippen LogP contribution in [0.15, 0.2) is 54.6 Å². The maximum absolute atomic E-state index is 12.9. The number of amides is 1. The number of aryl methyl sites for hydroxylation is 1. The van der Waals surface area contributed by atoms with Gasteiger partial charge in [0.25, 0.3) is 5.91 Å². The monoisotopic (exact) mass is 549 g/mol. The number of ether oxygens (including phenoxy) is 3. The SMILES string of the molecule is COc1cc(C(F)(F)F)ccc1CCNC(=O)c1ccc(Oc2cc3c(cc2Cl)CCC(C(=O)O)O3)cc1. The number of methoxy groups -OCH3 is 1. The highest BCUT2D eigenvalue weighted by molar-refractivity contribution is 6.32. The van der Waals surface area contributed by atoms with Gasteiger partial charge in [-0.3, -0.25) is 4.79 Å². The third-order valence-corrected chi connectivity index (χ3v) is 6.27. The molecule has 1 aliphatic rings. The number of nitrogens with one attached hydrogen (secondary N) is 1. The van der Waals surface area contributed by atoms with Crippen LogP contribution in [0.1, 0.15) is 33.5 Å². The Morgan fingerprint density at radius 3 is 2.50 bits per heavy atom. The highest BCUT2D eigenvalue weighted by atomic mass is 35.5. The van der Waals surface area contributed by atoms with Crippen LogP contribution in [0, 0.1) is 0 Å². The number of carboxylic acid groups (broad SMARTS) is 1. The minimum atomic E-state index is -4.47. The molecule has 1 aliphatic heterocycles. The third-order valence-electron chi connectivity index (χ3n) is 5.97. The molecule has 1 atom stereocenters. The fourth-order valence-electron chi connectivity index (χ4n) is 3.97. The van der Waals surface area contributed by atoms with E-state index in [9.17, 15) is 27.9 Å². The van der Waals surface area contributed by atoms with Crippen molar-refractivity contribution in [3.05, 3.63) is 81.9 Å². The third kappa shape index (κ3) is 6.31. The number of fused-ring (bicyclic) bond motifs is 1. The van der Waals surface area contributed by atoms with Crippen molar-refractivity contribution in [2.75, 3.05) is 13.7 Å². The summed E-state index contributed by atoms with van der Waals surface area (Å²) in [7, 11) is 1.29. The first-order valence-corrected chi connectivity index (χ1v) is 11.9. The molecular weight excluding hydrogens is 527 g/mol. The second-order valence-electron chi connectivity index (χ2n) is 8.53. The first kappa shape index (κ1) is 27.1. The van der Waals surface area contributed by atoms with Crippen LogP contribution < -0.4 is 19.5 Å². The Balaban J connectivity index is 1.36. The fraction of sp³-hybridized carbons (Fsp3) is 0.259. The predicted octanol–water partition coefficient (Wildman–Crippen LogP) is 5.91. The van der Waals surface area contributed by atoms with Crippen LogP contribution >= 0.6 is 11.6 Å². The Morgan fingerprint density at radius 1 is 1.11 bits per heavy atom. The zero-order chi connectivity index (χ0) is 27.4. The van der Waals surface area contributed by atoms with Crippen LogP contribution in [-0.2, 0) is 23.8 Å². The maximum atomic E-state index is 12.9. The van der Waals surface area contributed by atoms with E-state index in [2.05, 4.69) is 5.32 Å². The van der Waals surface area contributed by atoms with E-state index in [0.717, 1.165) is 17.7 Å². The van der Waals surface area contributed by atoms with Crippen molar-refractivity contribution >= 4 is 23.5 Å². The highest BCUT2D eigenvalue weighted by Gasteiger charge is 2.31. The first-order valence-electron chi connectivity index (χ1n) is 11.6. The van der Waals surface area contributed by atoms with Gasteiger partial charge in [0.15, 0.2) is 6.10 Å². The zero-order valence-electron chi connectivity index (χ0n) is 20.1. The van der Waals surface area contributed by atoms with E-state index in [1.165, 1.54) is 13.2 Å². The van der Waals surface area contributed by atoms with E-state index < -0.39 is 23.8 Å². The number of carboxylic acids is 1. The number of carbonyl (C=O) groups excluding carboxylic acids is 1. The first-order chi connectivity index (χ1) is 18.0. The summed E-state index contributed by atoms with van der Waals surface area (Å²) < 4.78 is 55.1. The molecule has 0 aromatic heterocycles. The van der Waals surface area contributed by atoms with E-state index in [0.29, 0.717) is 40.5 Å². The molecule has 7 nitrogen and oxygen atoms in total. The largest absolute Gasteiger partial charge is 0.496 e. The minimum absolute atomic E-state index is 0.0975. The summed E-state index contributed by atoms with van der Waals surface area (Å²) in [5, 5.41) is 12.3. The molecule has 0 fully saturated rings. The summed E-state index contributed by atoms with van der Waals surface area (Å²) in [6.07, 6.45) is -4.27. The molecule has 1 unspecified atom stereocenters. The number of alkyl halides is 3. The average Bonchev–Trinajstić information content (AvgIpc) is 2.88. The molecule has 3 aromatic carbocycles. The van der Waals surface area contributed by atoms with Crippen molar-refractivity contribution in [1.82, 2.24) is 5.32 Å². The molecule has 0 saturated heterocycles. The standard InChI is InChI=1S/C27H23ClF3NO6/c1-36-22-13-18(27(29,30)31)6-2-15(22)10-11-32-25(33)16-3-7-19(8-4-16)37-24-14-23-17(12-20(24)28)5-9-21(38-23)26(34)35/h2-4,6-8,12-14,21H,5,9-11H2,1H3,(H,32,33)(H,34,35). The van der Waals surface area contributed by atoms with Gasteiger partial charge in [-0.15, -0.1) is 0 Å². The highest BCUT2D eigenvalue weighted by Crippen LogP contribution is 2.39. The van der Waals surface area contributed by atoms with Gasteiger partial charge in [0.1, 0.15) is 23.0 Å². The van der Waals surface area contributed by atoms with E-state index in [-0.39, 0.29) is 30.4 Å². The number of aliphatic carboxylic acids is 1. The molecule has 2 N–H and O–H groups in total. The Hall–Kier alpha value is -3.92. The van der Waals surface area contributed by atoms with Crippen LogP contribution in [0.2, 0.25) is 5.02 Å². The van der Waals surface area contributed by atoms with E-state index in [1.807, 2.05) is 0 Å². The van der Waals surface area contributed by atoms with E-state index in [4.69, 9.17) is 25.8 Å². The Bertz CT molecular complexity index is 1340. The van der Waals surface area contributed by atoms with Crippen molar-refractivity contribution in [1.29, 1.82) is 0 Å². The number of benzene rings is 3. The van der Waals surface area contributed by atoms with Gasteiger partial charge in [0.05, 0.1) is 17.7 Å². The number of hydrogen-bond acceptors (Lipinski definition) is 5. The van der Waals surface area contributed by atoms with Crippen LogP contribution in [0.4, 0.5) is 13.2 Å². The lowest BCUT2D eigenvalue weighted by molar-refractivity contribution is -0.145. The van der Waals surface area contributed by atoms with Crippen LogP contribution in [0.5, 0.6) is 23.0 Å². The van der Waals surface area contributed by atoms with Crippen LogP contribution in [-0.4, -0.2) is 36.7 Å². The topological polar surface area (TPSA) is 94.1 Å². The molecule has 200 valence electrons. The van der Waals surface area contributed by atoms with Gasteiger partial charge < -0.3 is 24.6 Å². The van der Waals surface area contributed by atoms with Gasteiger partial charge in [-0.2, -0.15) is 13.2 Å². The van der Waals surface area contributed by atoms with Gasteiger partial charge in [-0.25, -0.2) is 4.79 Å². The van der Waals surface area contributed by atoms with Crippen molar-refractivity contribution in [3.63, 3.8) is 0 Å². The normalized spacial score (nSPS) is 14.7. The maximum Gasteiger partial charge on any atom is 0.416 e. The lowest BCUT2D eigenvalue weighted by atomic mass is 10.0. The predicted molar refractivity (Wildman–Crippen MR) is 132 cm³/mol. The van der Waals surface area contributed by atoms with Crippen molar-refractivity contribution in [3.8, 4) is 23.0 Å². The molecule has 0 spiro atoms. The van der Waals surface area contributed by atoms with E-state index >= 15 is 0 Å². The molecule has 4 rings (SSSR count). The second kappa shape index (κ2) is 11.2. The average molecular weight is 550 g/mol. The molecule has 3 aromatic rings. The zero-order valence-corrected chi connectivity index (χ0v) is 20.9. The Labute approximate surface area is 221 Å². The number of hydrogen-bond donors (Lipinski definition) is 2. The van der Waals surface area contributed by atoms with E-state index in [1.54, 1.807) is 36.4 Å². The molecule has 0 bridgehead atoms. The van der Waals surface area contributed by atoms with Gasteiger partial charge in [-0.1, -0.05) is 17.7 Å². The lowest BCUT2D eigenvalue weighted by Gasteiger charge is -2.24. The second-order valence-corrected chi connectivity index (χ2v) is 8.94. The van der Waals surface area contributed by atoms with Gasteiger partial charge in [-0.05, 0) is 72.9 Å². The smallest absolute Gasteiger partial charge is 0.416 e. The van der Waals surface area contributed by atoms with Gasteiger partial charge in [0, 0.05) is 18.2 Å². The van der Waals surface area contributed by atoms with Crippen LogP contribution in [0.3, 0.4) is 0 Å². The Morgan fingerprint density at radius 2 is 1.84 bits per heavy atom. The molecule has 0 aliphatic carbocycles. The Kier molecular flexibility index (Phi) is 8.01. The molecule has 1 heterocycles. The summed E-state index contributed by atoms with van der Waals surface area (Å²) >= 11 is 6.33. The van der Waals surface area contributed by atoms with Crippen LogP contribution in [0.25, 0.3) is 0 Å². The molecule has 0 radical (unpaired) electrons. The van der Waals surface area contributed by atoms with Crippen molar-refractivity contribution in [2.45, 2.75) is 31.5 Å².